The summed E-state index contributed by atoms with van der Waals surface area (Å²) in [6, 6.07) is 28.4. The first-order valence-electron chi connectivity index (χ1n) is 16.3. The van der Waals surface area contributed by atoms with Gasteiger partial charge in [0.15, 0.2) is 6.29 Å². The molecule has 5 heterocycles. The molecule has 4 aromatic carbocycles. The second kappa shape index (κ2) is 17.4. The molecule has 0 spiro atoms. The van der Waals surface area contributed by atoms with Crippen molar-refractivity contribution in [2.45, 2.75) is 51.5 Å². The number of benzene rings is 4. The van der Waals surface area contributed by atoms with E-state index in [0.29, 0.717) is 11.6 Å². The smallest absolute Gasteiger partial charge is 0.154 e. The van der Waals surface area contributed by atoms with Crippen molar-refractivity contribution in [1.29, 1.82) is 0 Å². The Morgan fingerprint density at radius 3 is 1.82 bits per heavy atom. The maximum Gasteiger partial charge on any atom is 0.154 e. The summed E-state index contributed by atoms with van der Waals surface area (Å²) < 4.78 is 6.90. The van der Waals surface area contributed by atoms with Crippen molar-refractivity contribution in [3.8, 4) is 0 Å². The van der Waals surface area contributed by atoms with Crippen LogP contribution in [0.25, 0.3) is 21.8 Å². The summed E-state index contributed by atoms with van der Waals surface area (Å²) >= 11 is 19.1. The minimum Gasteiger partial charge on any atom is -0.368 e. The van der Waals surface area contributed by atoms with Gasteiger partial charge in [0, 0.05) is 78.3 Å². The van der Waals surface area contributed by atoms with Crippen LogP contribution in [0.1, 0.15) is 66.0 Å². The fraction of sp³-hybridized carbons (Fsp3) is 0.282. The normalized spacial score (nSPS) is 19.5. The van der Waals surface area contributed by atoms with E-state index in [-0.39, 0.29) is 24.2 Å². The van der Waals surface area contributed by atoms with Crippen molar-refractivity contribution in [3.05, 3.63) is 138 Å². The van der Waals surface area contributed by atoms with Gasteiger partial charge in [0.05, 0.1) is 6.04 Å². The Kier molecular flexibility index (Phi) is 13.4. The summed E-state index contributed by atoms with van der Waals surface area (Å²) in [4.78, 5) is 7.07. The van der Waals surface area contributed by atoms with Crippen LogP contribution in [0, 0.1) is 0 Å². The Morgan fingerprint density at radius 2 is 1.29 bits per heavy atom. The lowest BCUT2D eigenvalue weighted by Crippen LogP contribution is -2.33. The first-order valence-corrected chi connectivity index (χ1v) is 18.7. The maximum atomic E-state index is 10.4. The van der Waals surface area contributed by atoms with Crippen LogP contribution >= 0.6 is 55.1 Å². The molecule has 6 aromatic rings. The number of hydroxylamine groups is 2. The molecule has 51 heavy (non-hydrogen) atoms. The Balaban J connectivity index is 0.000000165. The van der Waals surface area contributed by atoms with Gasteiger partial charge in [0.2, 0.25) is 0 Å². The summed E-state index contributed by atoms with van der Waals surface area (Å²) in [6.07, 6.45) is 3.26. The molecule has 1 unspecified atom stereocenters. The minimum absolute atomic E-state index is 0. The van der Waals surface area contributed by atoms with Crippen LogP contribution in [0.3, 0.4) is 0 Å². The molecule has 2 aromatic heterocycles. The van der Waals surface area contributed by atoms with Gasteiger partial charge in [0.1, 0.15) is 6.04 Å². The third kappa shape index (κ3) is 8.73. The van der Waals surface area contributed by atoms with Gasteiger partial charge in [0.25, 0.3) is 0 Å². The number of halogens is 5. The molecule has 7 nitrogen and oxygen atoms in total. The first-order chi connectivity index (χ1) is 23.7. The molecule has 0 bridgehead atoms. The van der Waals surface area contributed by atoms with Gasteiger partial charge in [-0.15, -0.1) is 0 Å². The molecule has 3 atom stereocenters. The van der Waals surface area contributed by atoms with Gasteiger partial charge in [-0.3, -0.25) is 4.70 Å². The van der Waals surface area contributed by atoms with Gasteiger partial charge in [-0.25, -0.2) is 0 Å². The summed E-state index contributed by atoms with van der Waals surface area (Å²) in [6.45, 7) is 2.33. The van der Waals surface area contributed by atoms with E-state index in [1.54, 1.807) is 0 Å². The number of rotatable bonds is 2. The van der Waals surface area contributed by atoms with Crippen molar-refractivity contribution in [3.63, 3.8) is 0 Å². The highest BCUT2D eigenvalue weighted by Gasteiger charge is 2.31. The van der Waals surface area contributed by atoms with E-state index in [2.05, 4.69) is 89.6 Å². The molecule has 5 N–H and O–H groups in total. The van der Waals surface area contributed by atoms with Crippen LogP contribution in [0.2, 0.25) is 10.0 Å². The van der Waals surface area contributed by atoms with E-state index in [9.17, 15) is 5.21 Å². The number of hydrogen-bond donors (Lipinski definition) is 5. The number of nitrogens with one attached hydrogen (secondary N) is 3. The Bertz CT molecular complexity index is 2070. The fourth-order valence-corrected chi connectivity index (χ4v) is 7.91. The zero-order chi connectivity index (χ0) is 34.1. The summed E-state index contributed by atoms with van der Waals surface area (Å²) in [5.41, 5.74) is 9.60. The lowest BCUT2D eigenvalue weighted by atomic mass is 9.94. The summed E-state index contributed by atoms with van der Waals surface area (Å²) in [7, 11) is 0. The Labute approximate surface area is 323 Å². The molecule has 270 valence electrons. The molecule has 1 fully saturated rings. The monoisotopic (exact) mass is 860 g/mol. The van der Waals surface area contributed by atoms with Gasteiger partial charge < -0.3 is 30.3 Å². The minimum atomic E-state index is -0.454. The zero-order valence-electron chi connectivity index (χ0n) is 26.9. The molecular weight excluding hydrogens is 822 g/mol. The SMILES string of the molecule is C.Clc1ccc([C@@H]2NCCc3c2[nH]c2ccc(Br)cc32)cc1.F.OC1CCCO1.ON1CCc2c([nH]c3ccc(Br)cc23)[C@@H]1c1ccc(Cl)cc1. The largest absolute Gasteiger partial charge is 0.368 e. The van der Waals surface area contributed by atoms with E-state index in [0.717, 1.165) is 69.6 Å². The molecule has 0 aliphatic carbocycles. The number of hydrogen-bond acceptors (Lipinski definition) is 5. The quantitative estimate of drug-likeness (QED) is 0.120. The predicted octanol–water partition coefficient (Wildman–Crippen LogP) is 10.6. The van der Waals surface area contributed by atoms with Gasteiger partial charge in [-0.05, 0) is 102 Å². The van der Waals surface area contributed by atoms with Crippen molar-refractivity contribution >= 4 is 76.9 Å². The highest BCUT2D eigenvalue weighted by Crippen LogP contribution is 2.39. The molecule has 3 aliphatic heterocycles. The van der Waals surface area contributed by atoms with Crippen LogP contribution in [-0.2, 0) is 17.6 Å². The number of fused-ring (bicyclic) bond motifs is 6. The number of aliphatic hydroxyl groups is 1. The average Bonchev–Trinajstić information content (AvgIpc) is 3.83. The van der Waals surface area contributed by atoms with Gasteiger partial charge >= 0.3 is 0 Å². The molecule has 12 heteroatoms. The lowest BCUT2D eigenvalue weighted by molar-refractivity contribution is -0.122. The number of aromatic amines is 2. The second-order valence-electron chi connectivity index (χ2n) is 12.4. The summed E-state index contributed by atoms with van der Waals surface area (Å²) in [5, 5.41) is 27.9. The van der Waals surface area contributed by atoms with E-state index >= 15 is 0 Å². The van der Waals surface area contributed by atoms with Gasteiger partial charge in [-0.2, -0.15) is 5.06 Å². The fourth-order valence-electron chi connectivity index (χ4n) is 6.93. The van der Waals surface area contributed by atoms with E-state index in [1.165, 1.54) is 43.7 Å². The number of aromatic nitrogens is 2. The van der Waals surface area contributed by atoms with Crippen LogP contribution in [-0.4, -0.2) is 51.3 Å². The molecule has 1 saturated heterocycles. The maximum absolute atomic E-state index is 10.4. The number of nitrogens with zero attached hydrogens (tertiary/aromatic N) is 1. The predicted molar refractivity (Wildman–Crippen MR) is 213 cm³/mol. The zero-order valence-corrected chi connectivity index (χ0v) is 31.6. The molecule has 3 aliphatic rings. The van der Waals surface area contributed by atoms with E-state index < -0.39 is 6.29 Å². The second-order valence-corrected chi connectivity index (χ2v) is 15.1. The molecule has 0 saturated carbocycles. The van der Waals surface area contributed by atoms with Crippen LogP contribution in [0.15, 0.2) is 93.9 Å². The third-order valence-electron chi connectivity index (χ3n) is 9.27. The Hall–Kier alpha value is -2.77. The topological polar surface area (TPSA) is 96.5 Å². The lowest BCUT2D eigenvalue weighted by Gasteiger charge is -2.31. The van der Waals surface area contributed by atoms with Crippen LogP contribution < -0.4 is 5.32 Å². The van der Waals surface area contributed by atoms with Crippen LogP contribution in [0.5, 0.6) is 0 Å². The van der Waals surface area contributed by atoms with Crippen molar-refractivity contribution in [2.24, 2.45) is 0 Å². The van der Waals surface area contributed by atoms with E-state index in [4.69, 9.17) is 33.0 Å². The first kappa shape index (κ1) is 39.4. The van der Waals surface area contributed by atoms with Crippen molar-refractivity contribution < 1.29 is 19.8 Å². The number of ether oxygens (including phenoxy) is 1. The molecule has 0 radical (unpaired) electrons. The number of H-pyrrole nitrogens is 2. The molecular formula is C39H41Br2Cl2FN4O3. The Morgan fingerprint density at radius 1 is 0.745 bits per heavy atom. The molecule has 0 amide bonds. The van der Waals surface area contributed by atoms with Gasteiger partial charge in [-0.1, -0.05) is 86.8 Å². The highest BCUT2D eigenvalue weighted by molar-refractivity contribution is 9.10. The highest BCUT2D eigenvalue weighted by atomic mass is 79.9. The summed E-state index contributed by atoms with van der Waals surface area (Å²) in [5.74, 6) is 0. The average molecular weight is 863 g/mol. The molecule has 9 rings (SSSR count). The van der Waals surface area contributed by atoms with Crippen LogP contribution in [0.4, 0.5) is 4.70 Å². The standard InChI is InChI=1S/C17H14BrClN2O.C17H14BrClN2.C4H8O2.CH4.FH/c18-11-3-6-15-14(9-11)13-7-8-21(22)17(16(13)20-15)10-1-4-12(19)5-2-10;18-11-3-6-15-14(9-11)13-7-8-20-16(17(13)21-15)10-1-4-12(19)5-2-10;5-4-2-1-3-6-4;;/h1-6,9,17,20,22H,7-8H2;1-6,9,16,20-21H,7-8H2;4-5H,1-3H2;1H4;1H/t17-;16-;;;/m00.../s1. The van der Waals surface area contributed by atoms with E-state index in [1.807, 2.05) is 42.5 Å². The number of aliphatic hydroxyl groups excluding tert-OH is 1. The van der Waals surface area contributed by atoms with Crippen molar-refractivity contribution in [1.82, 2.24) is 20.3 Å². The van der Waals surface area contributed by atoms with Crippen molar-refractivity contribution in [2.75, 3.05) is 19.7 Å². The third-order valence-corrected chi connectivity index (χ3v) is 10.8.